The number of hydrogen-bond acceptors (Lipinski definition) is 5. The van der Waals surface area contributed by atoms with Crippen molar-refractivity contribution < 1.29 is 14.7 Å². The fourth-order valence-corrected chi connectivity index (χ4v) is 4.65. The van der Waals surface area contributed by atoms with Crippen LogP contribution in [0.4, 0.5) is 0 Å². The van der Waals surface area contributed by atoms with Gasteiger partial charge in [0, 0.05) is 17.2 Å². The molecule has 3 heterocycles. The molecule has 0 saturated carbocycles. The minimum Gasteiger partial charge on any atom is -0.505 e. The standard InChI is InChI=1S/C25H27BrN4O3/c1-15-7-5-13-29-20(16(2)27-24(15)29)22(31)19-21(17-8-10-18(26)11-9-17)30(25(33)23(19)32)14-6-12-28(3)4/h5,7-11,13,21,31H,6,12,14H2,1-4H3/b22-19+/t21-/m0/s1. The molecule has 1 atom stereocenters. The quantitative estimate of drug-likeness (QED) is 0.307. The van der Waals surface area contributed by atoms with Crippen LogP contribution in [-0.2, 0) is 9.59 Å². The maximum Gasteiger partial charge on any atom is 0.295 e. The predicted molar refractivity (Wildman–Crippen MR) is 131 cm³/mol. The normalized spacial score (nSPS) is 18.1. The number of hydrogen-bond donors (Lipinski definition) is 1. The number of aliphatic hydroxyl groups excluding tert-OH is 1. The van der Waals surface area contributed by atoms with Crippen LogP contribution >= 0.6 is 15.9 Å². The summed E-state index contributed by atoms with van der Waals surface area (Å²) >= 11 is 3.44. The van der Waals surface area contributed by atoms with Crippen LogP contribution < -0.4 is 0 Å². The Morgan fingerprint density at radius 2 is 1.85 bits per heavy atom. The minimum absolute atomic E-state index is 0.0959. The van der Waals surface area contributed by atoms with Crippen LogP contribution in [0.25, 0.3) is 11.4 Å². The SMILES string of the molecule is Cc1nc2c(C)cccn2c1/C(O)=C1\C(=O)C(=O)N(CCCN(C)C)[C@H]1c1ccc(Br)cc1. The maximum absolute atomic E-state index is 13.3. The summed E-state index contributed by atoms with van der Waals surface area (Å²) in [7, 11) is 3.94. The number of imidazole rings is 1. The van der Waals surface area contributed by atoms with Gasteiger partial charge in [-0.1, -0.05) is 34.1 Å². The van der Waals surface area contributed by atoms with E-state index >= 15 is 0 Å². The van der Waals surface area contributed by atoms with Crippen molar-refractivity contribution >= 4 is 39.0 Å². The van der Waals surface area contributed by atoms with E-state index in [0.29, 0.717) is 30.0 Å². The summed E-state index contributed by atoms with van der Waals surface area (Å²) in [5, 5.41) is 11.5. The molecule has 0 spiro atoms. The fraction of sp³-hybridized carbons (Fsp3) is 0.320. The van der Waals surface area contributed by atoms with Crippen LogP contribution in [0.5, 0.6) is 0 Å². The van der Waals surface area contributed by atoms with Crippen molar-refractivity contribution in [2.45, 2.75) is 26.3 Å². The summed E-state index contributed by atoms with van der Waals surface area (Å²) in [6, 6.07) is 10.6. The van der Waals surface area contributed by atoms with Gasteiger partial charge in [0.1, 0.15) is 11.3 Å². The number of likely N-dealkylation sites (tertiary alicyclic amines) is 1. The molecule has 2 aromatic heterocycles. The molecule has 3 aromatic rings. The summed E-state index contributed by atoms with van der Waals surface area (Å²) < 4.78 is 2.67. The number of ketones is 1. The first-order valence-electron chi connectivity index (χ1n) is 10.8. The first-order chi connectivity index (χ1) is 15.7. The lowest BCUT2D eigenvalue weighted by atomic mass is 9.96. The first kappa shape index (κ1) is 23.2. The van der Waals surface area contributed by atoms with Crippen molar-refractivity contribution in [2.24, 2.45) is 0 Å². The van der Waals surface area contributed by atoms with Crippen molar-refractivity contribution in [1.29, 1.82) is 0 Å². The van der Waals surface area contributed by atoms with Gasteiger partial charge in [-0.2, -0.15) is 0 Å². The predicted octanol–water partition coefficient (Wildman–Crippen LogP) is 4.09. The smallest absolute Gasteiger partial charge is 0.295 e. The van der Waals surface area contributed by atoms with Crippen LogP contribution in [-0.4, -0.2) is 63.2 Å². The zero-order valence-electron chi connectivity index (χ0n) is 19.2. The lowest BCUT2D eigenvalue weighted by Crippen LogP contribution is -2.32. The molecule has 0 aliphatic carbocycles. The second-order valence-electron chi connectivity index (χ2n) is 8.63. The van der Waals surface area contributed by atoms with E-state index in [1.807, 2.05) is 62.3 Å². The summed E-state index contributed by atoms with van der Waals surface area (Å²) in [6.07, 6.45) is 2.51. The molecule has 1 amide bonds. The highest BCUT2D eigenvalue weighted by atomic mass is 79.9. The fourth-order valence-electron chi connectivity index (χ4n) is 4.39. The Balaban J connectivity index is 1.89. The third-order valence-electron chi connectivity index (χ3n) is 5.97. The molecule has 0 bridgehead atoms. The maximum atomic E-state index is 13.3. The Morgan fingerprint density at radius 3 is 2.52 bits per heavy atom. The molecule has 1 saturated heterocycles. The van der Waals surface area contributed by atoms with E-state index in [0.717, 1.165) is 22.1 Å². The number of pyridine rings is 1. The van der Waals surface area contributed by atoms with Gasteiger partial charge < -0.3 is 14.9 Å². The van der Waals surface area contributed by atoms with Gasteiger partial charge in [0.05, 0.1) is 17.3 Å². The van der Waals surface area contributed by atoms with E-state index in [2.05, 4.69) is 20.9 Å². The van der Waals surface area contributed by atoms with Crippen molar-refractivity contribution in [1.82, 2.24) is 19.2 Å². The van der Waals surface area contributed by atoms with E-state index < -0.39 is 17.7 Å². The monoisotopic (exact) mass is 510 g/mol. The minimum atomic E-state index is -0.674. The van der Waals surface area contributed by atoms with Crippen LogP contribution in [0.2, 0.25) is 0 Å². The number of carbonyl (C=O) groups excluding carboxylic acids is 2. The van der Waals surface area contributed by atoms with Crippen LogP contribution in [0.1, 0.15) is 35.0 Å². The molecule has 1 aliphatic heterocycles. The molecule has 7 nitrogen and oxygen atoms in total. The summed E-state index contributed by atoms with van der Waals surface area (Å²) in [4.78, 5) is 34.6. The topological polar surface area (TPSA) is 78.1 Å². The zero-order valence-corrected chi connectivity index (χ0v) is 20.8. The van der Waals surface area contributed by atoms with Crippen LogP contribution in [0, 0.1) is 13.8 Å². The molecule has 1 N–H and O–H groups in total. The summed E-state index contributed by atoms with van der Waals surface area (Å²) in [5.74, 6) is -1.47. The number of halogens is 1. The van der Waals surface area contributed by atoms with Gasteiger partial charge in [0.25, 0.3) is 11.7 Å². The summed E-state index contributed by atoms with van der Waals surface area (Å²) in [5.41, 5.74) is 3.55. The number of carbonyl (C=O) groups is 2. The van der Waals surface area contributed by atoms with E-state index in [1.54, 1.807) is 22.4 Å². The van der Waals surface area contributed by atoms with E-state index in [9.17, 15) is 14.7 Å². The average molecular weight is 511 g/mol. The molecular weight excluding hydrogens is 484 g/mol. The van der Waals surface area contributed by atoms with E-state index in [4.69, 9.17) is 0 Å². The Kier molecular flexibility index (Phi) is 6.41. The number of aryl methyl sites for hydroxylation is 2. The average Bonchev–Trinajstić information content (AvgIpc) is 3.23. The zero-order chi connectivity index (χ0) is 23.9. The number of Topliss-reactive ketones (excluding diaryl/α,β-unsaturated/α-hetero) is 1. The highest BCUT2D eigenvalue weighted by Crippen LogP contribution is 2.40. The van der Waals surface area contributed by atoms with Crippen LogP contribution in [0.3, 0.4) is 0 Å². The molecule has 172 valence electrons. The summed E-state index contributed by atoms with van der Waals surface area (Å²) in [6.45, 7) is 4.92. The number of amides is 1. The van der Waals surface area contributed by atoms with Gasteiger partial charge in [0.2, 0.25) is 0 Å². The highest BCUT2D eigenvalue weighted by molar-refractivity contribution is 9.10. The van der Waals surface area contributed by atoms with Gasteiger partial charge in [-0.15, -0.1) is 0 Å². The number of rotatable bonds is 6. The third-order valence-corrected chi connectivity index (χ3v) is 6.50. The molecule has 4 rings (SSSR count). The molecule has 1 fully saturated rings. The van der Waals surface area contributed by atoms with Crippen LogP contribution in [0.15, 0.2) is 52.6 Å². The van der Waals surface area contributed by atoms with Crippen molar-refractivity contribution in [2.75, 3.05) is 27.2 Å². The molecule has 0 unspecified atom stereocenters. The third kappa shape index (κ3) is 4.20. The highest BCUT2D eigenvalue weighted by Gasteiger charge is 2.46. The molecule has 0 radical (unpaired) electrons. The van der Waals surface area contributed by atoms with Gasteiger partial charge >= 0.3 is 0 Å². The molecule has 8 heteroatoms. The number of fused-ring (bicyclic) bond motifs is 1. The first-order valence-corrected chi connectivity index (χ1v) is 11.6. The van der Waals surface area contributed by atoms with Gasteiger partial charge in [-0.05, 0) is 70.2 Å². The van der Waals surface area contributed by atoms with Gasteiger partial charge in [-0.25, -0.2) is 4.98 Å². The number of nitrogens with zero attached hydrogens (tertiary/aromatic N) is 4. The number of aliphatic hydroxyl groups is 1. The molecule has 33 heavy (non-hydrogen) atoms. The van der Waals surface area contributed by atoms with E-state index in [-0.39, 0.29) is 11.3 Å². The Labute approximate surface area is 201 Å². The lowest BCUT2D eigenvalue weighted by molar-refractivity contribution is -0.139. The van der Waals surface area contributed by atoms with Crippen molar-refractivity contribution in [3.8, 4) is 0 Å². The molecular formula is C25H27BrN4O3. The lowest BCUT2D eigenvalue weighted by Gasteiger charge is -2.26. The van der Waals surface area contributed by atoms with E-state index in [1.165, 1.54) is 0 Å². The van der Waals surface area contributed by atoms with Crippen molar-refractivity contribution in [3.63, 3.8) is 0 Å². The Bertz CT molecular complexity index is 1260. The van der Waals surface area contributed by atoms with Gasteiger partial charge in [0.15, 0.2) is 5.76 Å². The molecule has 1 aromatic carbocycles. The van der Waals surface area contributed by atoms with Gasteiger partial charge in [-0.3, -0.25) is 14.0 Å². The second-order valence-corrected chi connectivity index (χ2v) is 9.55. The largest absolute Gasteiger partial charge is 0.505 e. The second kappa shape index (κ2) is 9.11. The Hall–Kier alpha value is -2.97. The number of aromatic nitrogens is 2. The van der Waals surface area contributed by atoms with Crippen molar-refractivity contribution in [3.05, 3.63) is 75.2 Å². The Morgan fingerprint density at radius 1 is 1.15 bits per heavy atom. The molecule has 1 aliphatic rings. The number of benzene rings is 1.